The molecule has 2 aromatic rings. The Hall–Kier alpha value is -1.63. The zero-order valence-electron chi connectivity index (χ0n) is 18.6. The molecule has 32 heavy (non-hydrogen) atoms. The van der Waals surface area contributed by atoms with Crippen molar-refractivity contribution in [3.8, 4) is 5.75 Å². The van der Waals surface area contributed by atoms with Crippen LogP contribution in [0.3, 0.4) is 0 Å². The molecule has 2 aliphatic rings. The van der Waals surface area contributed by atoms with Gasteiger partial charge < -0.3 is 24.4 Å². The molecule has 0 radical (unpaired) electrons. The summed E-state index contributed by atoms with van der Waals surface area (Å²) in [5.74, 6) is 0.884. The third-order valence-corrected chi connectivity index (χ3v) is 6.92. The molecule has 4 rings (SSSR count). The van der Waals surface area contributed by atoms with Gasteiger partial charge in [-0.15, -0.1) is 0 Å². The molecular formula is C26H33ClO5. The zero-order chi connectivity index (χ0) is 22.5. The van der Waals surface area contributed by atoms with Gasteiger partial charge in [0.1, 0.15) is 11.9 Å². The maximum atomic E-state index is 10.1. The van der Waals surface area contributed by atoms with Crippen LogP contribution < -0.4 is 4.74 Å². The number of halogens is 1. The number of ether oxygens (including phenoxy) is 3. The molecule has 174 valence electrons. The van der Waals surface area contributed by atoms with Gasteiger partial charge in [-0.3, -0.25) is 0 Å². The van der Waals surface area contributed by atoms with Gasteiger partial charge in [0.2, 0.25) is 0 Å². The Balaban J connectivity index is 1.41. The molecule has 2 fully saturated rings. The number of rotatable bonds is 7. The minimum absolute atomic E-state index is 0.0879. The van der Waals surface area contributed by atoms with E-state index in [1.54, 1.807) is 7.11 Å². The van der Waals surface area contributed by atoms with Crippen molar-refractivity contribution in [1.82, 2.24) is 0 Å². The molecule has 0 amide bonds. The van der Waals surface area contributed by atoms with Gasteiger partial charge in [-0.1, -0.05) is 35.9 Å². The van der Waals surface area contributed by atoms with Gasteiger partial charge >= 0.3 is 0 Å². The number of methoxy groups -OCH3 is 1. The van der Waals surface area contributed by atoms with E-state index in [4.69, 9.17) is 25.8 Å². The van der Waals surface area contributed by atoms with Crippen LogP contribution in [0.15, 0.2) is 42.5 Å². The largest absolute Gasteiger partial charge is 0.490 e. The summed E-state index contributed by atoms with van der Waals surface area (Å²) in [7, 11) is 1.77. The summed E-state index contributed by atoms with van der Waals surface area (Å²) >= 11 is 6.49. The van der Waals surface area contributed by atoms with E-state index in [9.17, 15) is 10.2 Å². The van der Waals surface area contributed by atoms with Crippen LogP contribution >= 0.6 is 11.6 Å². The zero-order valence-corrected chi connectivity index (χ0v) is 19.3. The minimum Gasteiger partial charge on any atom is -0.490 e. The highest BCUT2D eigenvalue weighted by Crippen LogP contribution is 2.34. The van der Waals surface area contributed by atoms with Crippen molar-refractivity contribution in [3.05, 3.63) is 64.2 Å². The third kappa shape index (κ3) is 6.03. The smallest absolute Gasteiger partial charge is 0.119 e. The van der Waals surface area contributed by atoms with Crippen LogP contribution in [0.1, 0.15) is 61.3 Å². The van der Waals surface area contributed by atoms with Crippen molar-refractivity contribution in [1.29, 1.82) is 0 Å². The van der Waals surface area contributed by atoms with Crippen LogP contribution in [0.5, 0.6) is 5.75 Å². The van der Waals surface area contributed by atoms with Gasteiger partial charge in [0.05, 0.1) is 31.0 Å². The Bertz CT molecular complexity index is 871. The summed E-state index contributed by atoms with van der Waals surface area (Å²) in [5.41, 5.74) is 3.14. The van der Waals surface area contributed by atoms with Crippen molar-refractivity contribution in [2.75, 3.05) is 13.7 Å². The first-order valence-electron chi connectivity index (χ1n) is 11.5. The molecule has 1 aliphatic heterocycles. The third-order valence-electron chi connectivity index (χ3n) is 6.56. The summed E-state index contributed by atoms with van der Waals surface area (Å²) in [6.07, 6.45) is 5.40. The summed E-state index contributed by atoms with van der Waals surface area (Å²) in [6, 6.07) is 14.1. The summed E-state index contributed by atoms with van der Waals surface area (Å²) < 4.78 is 17.6. The number of aliphatic hydroxyl groups is 2. The van der Waals surface area contributed by atoms with Crippen molar-refractivity contribution in [2.24, 2.45) is 0 Å². The van der Waals surface area contributed by atoms with Crippen LogP contribution in [0.4, 0.5) is 0 Å². The first kappa shape index (κ1) is 23.5. The average molecular weight is 461 g/mol. The second kappa shape index (κ2) is 11.0. The van der Waals surface area contributed by atoms with Crippen LogP contribution in [0.2, 0.25) is 5.02 Å². The highest BCUT2D eigenvalue weighted by molar-refractivity contribution is 6.31. The lowest BCUT2D eigenvalue weighted by Gasteiger charge is -2.32. The molecule has 1 heterocycles. The fraction of sp³-hybridized carbons (Fsp3) is 0.538. The van der Waals surface area contributed by atoms with Crippen LogP contribution in [0.25, 0.3) is 0 Å². The molecule has 0 unspecified atom stereocenters. The lowest BCUT2D eigenvalue weighted by Crippen LogP contribution is -2.33. The van der Waals surface area contributed by atoms with Crippen molar-refractivity contribution in [3.63, 3.8) is 0 Å². The predicted octanol–water partition coefficient (Wildman–Crippen LogP) is 4.84. The van der Waals surface area contributed by atoms with E-state index in [2.05, 4.69) is 18.2 Å². The highest BCUT2D eigenvalue weighted by atomic mass is 35.5. The first-order valence-corrected chi connectivity index (χ1v) is 11.9. The summed E-state index contributed by atoms with van der Waals surface area (Å²) in [6.45, 7) is -0.0879. The van der Waals surface area contributed by atoms with Gasteiger partial charge in [0, 0.05) is 31.4 Å². The van der Waals surface area contributed by atoms with Crippen LogP contribution in [-0.4, -0.2) is 48.3 Å². The fourth-order valence-corrected chi connectivity index (χ4v) is 4.96. The Morgan fingerprint density at radius 3 is 2.56 bits per heavy atom. The number of aliphatic hydroxyl groups excluding tert-OH is 2. The predicted molar refractivity (Wildman–Crippen MR) is 124 cm³/mol. The Kier molecular flexibility index (Phi) is 8.08. The second-order valence-electron chi connectivity index (χ2n) is 8.99. The number of hydrogen-bond donors (Lipinski definition) is 2. The molecule has 0 aromatic heterocycles. The Labute approximate surface area is 195 Å². The van der Waals surface area contributed by atoms with Gasteiger partial charge in [-0.05, 0) is 60.6 Å². The molecule has 0 bridgehead atoms. The topological polar surface area (TPSA) is 68.2 Å². The number of benzene rings is 2. The lowest BCUT2D eigenvalue weighted by molar-refractivity contribution is -0.113. The van der Waals surface area contributed by atoms with E-state index in [1.165, 1.54) is 0 Å². The van der Waals surface area contributed by atoms with Gasteiger partial charge in [-0.2, -0.15) is 0 Å². The monoisotopic (exact) mass is 460 g/mol. The highest BCUT2D eigenvalue weighted by Gasteiger charge is 2.29. The SMILES string of the molecule is CO[C@H]1CCC[C@@H](Oc2ccc(Cc3cc([C@H]4C[C@@H](O)C[C@@H](CO)O4)ccc3Cl)cc2)C1. The molecule has 2 aromatic carbocycles. The maximum absolute atomic E-state index is 10.1. The average Bonchev–Trinajstić information content (AvgIpc) is 2.81. The van der Waals surface area contributed by atoms with Crippen molar-refractivity contribution in [2.45, 2.75) is 75.5 Å². The molecule has 1 aliphatic carbocycles. The molecule has 5 nitrogen and oxygen atoms in total. The van der Waals surface area contributed by atoms with Crippen LogP contribution in [0, 0.1) is 0 Å². The van der Waals surface area contributed by atoms with E-state index in [1.807, 2.05) is 24.3 Å². The fourth-order valence-electron chi connectivity index (χ4n) is 4.77. The minimum atomic E-state index is -0.471. The normalized spacial score (nSPS) is 28.4. The summed E-state index contributed by atoms with van der Waals surface area (Å²) in [4.78, 5) is 0. The first-order chi connectivity index (χ1) is 15.5. The number of hydrogen-bond acceptors (Lipinski definition) is 5. The molecular weight excluding hydrogens is 428 g/mol. The molecule has 5 atom stereocenters. The van der Waals surface area contributed by atoms with E-state index in [0.717, 1.165) is 48.1 Å². The van der Waals surface area contributed by atoms with E-state index < -0.39 is 6.10 Å². The van der Waals surface area contributed by atoms with Crippen molar-refractivity contribution < 1.29 is 24.4 Å². The molecule has 0 spiro atoms. The molecule has 1 saturated carbocycles. The lowest BCUT2D eigenvalue weighted by atomic mass is 9.94. The van der Waals surface area contributed by atoms with Gasteiger partial charge in [0.15, 0.2) is 0 Å². The maximum Gasteiger partial charge on any atom is 0.119 e. The molecule has 6 heteroatoms. The van der Waals surface area contributed by atoms with Crippen molar-refractivity contribution >= 4 is 11.6 Å². The van der Waals surface area contributed by atoms with E-state index in [0.29, 0.717) is 30.4 Å². The Morgan fingerprint density at radius 1 is 1.03 bits per heavy atom. The Morgan fingerprint density at radius 2 is 1.81 bits per heavy atom. The molecule has 1 saturated heterocycles. The standard InChI is InChI=1S/C26H33ClO5/c1-30-22-3-2-4-23(15-22)31-21-8-5-17(6-9-21)11-19-12-18(7-10-25(19)27)26-14-20(29)13-24(16-28)32-26/h5-10,12,20,22-24,26,28-29H,2-4,11,13-16H2,1H3/t20-,22-,23+,24-,26+/m0/s1. The van der Waals surface area contributed by atoms with E-state index in [-0.39, 0.29) is 24.9 Å². The second-order valence-corrected chi connectivity index (χ2v) is 9.40. The quantitative estimate of drug-likeness (QED) is 0.618. The van der Waals surface area contributed by atoms with Crippen LogP contribution in [-0.2, 0) is 15.9 Å². The van der Waals surface area contributed by atoms with Gasteiger partial charge in [0.25, 0.3) is 0 Å². The molecule has 2 N–H and O–H groups in total. The van der Waals surface area contributed by atoms with E-state index >= 15 is 0 Å². The summed E-state index contributed by atoms with van der Waals surface area (Å²) in [5, 5.41) is 20.3. The van der Waals surface area contributed by atoms with Gasteiger partial charge in [-0.25, -0.2) is 0 Å².